The highest BCUT2D eigenvalue weighted by Gasteiger charge is 2.25. The van der Waals surface area contributed by atoms with Crippen molar-refractivity contribution >= 4 is 23.2 Å². The number of carbonyl (C=O) groups excluding carboxylic acids is 1. The summed E-state index contributed by atoms with van der Waals surface area (Å²) in [6.07, 6.45) is 0. The van der Waals surface area contributed by atoms with Crippen LogP contribution in [0.3, 0.4) is 0 Å². The summed E-state index contributed by atoms with van der Waals surface area (Å²) < 4.78 is 5.26. The lowest BCUT2D eigenvalue weighted by molar-refractivity contribution is -0.385. The normalized spacial score (nSPS) is 10.7. The number of aromatic nitrogens is 2. The summed E-state index contributed by atoms with van der Waals surface area (Å²) in [5.74, 6) is 0.143. The quantitative estimate of drug-likeness (QED) is 0.452. The van der Waals surface area contributed by atoms with Gasteiger partial charge in [0, 0.05) is 23.2 Å². The van der Waals surface area contributed by atoms with Crippen LogP contribution < -0.4 is 0 Å². The number of halogens is 1. The first-order valence-corrected chi connectivity index (χ1v) is 8.89. The number of benzene rings is 2. The van der Waals surface area contributed by atoms with Gasteiger partial charge in [-0.1, -0.05) is 40.5 Å². The maximum Gasteiger partial charge on any atom is 0.283 e. The second kappa shape index (κ2) is 8.18. The fourth-order valence-corrected chi connectivity index (χ4v) is 2.88. The van der Waals surface area contributed by atoms with Crippen molar-refractivity contribution in [3.05, 3.63) is 74.6 Å². The zero-order valence-corrected chi connectivity index (χ0v) is 16.0. The minimum atomic E-state index is -0.629. The zero-order chi connectivity index (χ0) is 20.3. The molecule has 28 heavy (non-hydrogen) atoms. The molecule has 1 heterocycles. The van der Waals surface area contributed by atoms with Crippen molar-refractivity contribution in [2.75, 3.05) is 6.54 Å². The second-order valence-corrected chi connectivity index (χ2v) is 6.56. The Labute approximate surface area is 165 Å². The van der Waals surface area contributed by atoms with Crippen molar-refractivity contribution in [1.29, 1.82) is 0 Å². The molecule has 9 heteroatoms. The third-order valence-electron chi connectivity index (χ3n) is 4.13. The Kier molecular flexibility index (Phi) is 5.70. The molecule has 0 aliphatic carbocycles. The molecule has 1 aromatic heterocycles. The lowest BCUT2D eigenvalue weighted by Crippen LogP contribution is -2.31. The molecule has 0 atom stereocenters. The Morgan fingerprint density at radius 2 is 2.07 bits per heavy atom. The van der Waals surface area contributed by atoms with Gasteiger partial charge in [-0.2, -0.15) is 4.98 Å². The van der Waals surface area contributed by atoms with Gasteiger partial charge < -0.3 is 9.42 Å². The van der Waals surface area contributed by atoms with Crippen LogP contribution in [0.25, 0.3) is 11.4 Å². The van der Waals surface area contributed by atoms with Gasteiger partial charge >= 0.3 is 0 Å². The summed E-state index contributed by atoms with van der Waals surface area (Å²) in [6, 6.07) is 11.6. The summed E-state index contributed by atoms with van der Waals surface area (Å²) in [5.41, 5.74) is 1.47. The van der Waals surface area contributed by atoms with E-state index in [2.05, 4.69) is 10.1 Å². The van der Waals surface area contributed by atoms with Gasteiger partial charge in [-0.25, -0.2) is 0 Å². The standard InChI is InChI=1S/C19H17ClN4O4/c1-3-23(19(25)15-8-7-14(20)10-16(15)24(26)27)11-17-21-18(22-28-17)13-6-4-5-12(2)9-13/h4-10H,3,11H2,1-2H3. The molecule has 0 radical (unpaired) electrons. The number of nitro benzene ring substituents is 1. The van der Waals surface area contributed by atoms with Crippen molar-refractivity contribution in [3.63, 3.8) is 0 Å². The summed E-state index contributed by atoms with van der Waals surface area (Å²) in [6.45, 7) is 4.06. The van der Waals surface area contributed by atoms with E-state index in [9.17, 15) is 14.9 Å². The molecule has 2 aromatic carbocycles. The molecule has 0 aliphatic rings. The number of rotatable bonds is 6. The van der Waals surface area contributed by atoms with Gasteiger partial charge in [0.05, 0.1) is 4.92 Å². The van der Waals surface area contributed by atoms with E-state index < -0.39 is 10.8 Å². The summed E-state index contributed by atoms with van der Waals surface area (Å²) in [7, 11) is 0. The molecular weight excluding hydrogens is 384 g/mol. The number of nitro groups is 1. The Morgan fingerprint density at radius 3 is 2.75 bits per heavy atom. The van der Waals surface area contributed by atoms with Crippen LogP contribution >= 0.6 is 11.6 Å². The number of hydrogen-bond donors (Lipinski definition) is 0. The molecule has 0 spiro atoms. The summed E-state index contributed by atoms with van der Waals surface area (Å²) in [5, 5.41) is 15.4. The van der Waals surface area contributed by atoms with Gasteiger partial charge in [0.1, 0.15) is 12.1 Å². The average molecular weight is 401 g/mol. The molecule has 144 valence electrons. The zero-order valence-electron chi connectivity index (χ0n) is 15.3. The molecule has 1 amide bonds. The van der Waals surface area contributed by atoms with Crippen molar-refractivity contribution in [3.8, 4) is 11.4 Å². The smallest absolute Gasteiger partial charge is 0.283 e. The maximum absolute atomic E-state index is 12.8. The van der Waals surface area contributed by atoms with E-state index >= 15 is 0 Å². The van der Waals surface area contributed by atoms with Crippen LogP contribution in [-0.4, -0.2) is 32.4 Å². The molecule has 0 aliphatic heterocycles. The van der Waals surface area contributed by atoms with Gasteiger partial charge in [-0.15, -0.1) is 0 Å². The minimum Gasteiger partial charge on any atom is -0.337 e. The number of aryl methyl sites for hydroxylation is 1. The maximum atomic E-state index is 12.8. The van der Waals surface area contributed by atoms with Crippen molar-refractivity contribution in [2.24, 2.45) is 0 Å². The molecule has 8 nitrogen and oxygen atoms in total. The molecule has 0 saturated carbocycles. The first kappa shape index (κ1) is 19.5. The van der Waals surface area contributed by atoms with Crippen LogP contribution in [0.15, 0.2) is 47.0 Å². The van der Waals surface area contributed by atoms with E-state index in [1.165, 1.54) is 17.0 Å². The van der Waals surface area contributed by atoms with Crippen LogP contribution in [0.2, 0.25) is 5.02 Å². The Morgan fingerprint density at radius 1 is 1.29 bits per heavy atom. The Bertz CT molecular complexity index is 1030. The number of nitrogens with zero attached hydrogens (tertiary/aromatic N) is 4. The average Bonchev–Trinajstić information content (AvgIpc) is 3.14. The fraction of sp³-hybridized carbons (Fsp3) is 0.211. The highest BCUT2D eigenvalue weighted by Crippen LogP contribution is 2.25. The van der Waals surface area contributed by atoms with Crippen LogP contribution in [-0.2, 0) is 6.54 Å². The molecule has 0 N–H and O–H groups in total. The first-order chi connectivity index (χ1) is 13.4. The Balaban J connectivity index is 1.84. The molecule has 0 saturated heterocycles. The molecule has 0 bridgehead atoms. The van der Waals surface area contributed by atoms with E-state index in [1.54, 1.807) is 6.92 Å². The second-order valence-electron chi connectivity index (χ2n) is 6.12. The van der Waals surface area contributed by atoms with Gasteiger partial charge in [-0.05, 0) is 32.0 Å². The fourth-order valence-electron chi connectivity index (χ4n) is 2.72. The van der Waals surface area contributed by atoms with Crippen LogP contribution in [0.1, 0.15) is 28.7 Å². The van der Waals surface area contributed by atoms with Crippen molar-refractivity contribution < 1.29 is 14.2 Å². The highest BCUT2D eigenvalue weighted by atomic mass is 35.5. The Hall–Kier alpha value is -3.26. The lowest BCUT2D eigenvalue weighted by Gasteiger charge is -2.18. The first-order valence-electron chi connectivity index (χ1n) is 8.52. The summed E-state index contributed by atoms with van der Waals surface area (Å²) >= 11 is 5.82. The third kappa shape index (κ3) is 4.17. The molecule has 0 unspecified atom stereocenters. The van der Waals surface area contributed by atoms with E-state index in [0.717, 1.165) is 17.2 Å². The lowest BCUT2D eigenvalue weighted by atomic mass is 10.1. The van der Waals surface area contributed by atoms with Crippen molar-refractivity contribution in [1.82, 2.24) is 15.0 Å². The van der Waals surface area contributed by atoms with Crippen molar-refractivity contribution in [2.45, 2.75) is 20.4 Å². The van der Waals surface area contributed by atoms with Crippen LogP contribution in [0.5, 0.6) is 0 Å². The molecule has 3 aromatic rings. The highest BCUT2D eigenvalue weighted by molar-refractivity contribution is 6.31. The number of carbonyl (C=O) groups is 1. The van der Waals surface area contributed by atoms with Gasteiger partial charge in [0.2, 0.25) is 11.7 Å². The topological polar surface area (TPSA) is 102 Å². The van der Waals surface area contributed by atoms with Crippen LogP contribution in [0, 0.1) is 17.0 Å². The van der Waals surface area contributed by atoms with E-state index in [4.69, 9.17) is 16.1 Å². The van der Waals surface area contributed by atoms with E-state index in [-0.39, 0.29) is 28.7 Å². The largest absolute Gasteiger partial charge is 0.337 e. The molecular formula is C19H17ClN4O4. The van der Waals surface area contributed by atoms with Gasteiger partial charge in [0.15, 0.2) is 0 Å². The van der Waals surface area contributed by atoms with E-state index in [0.29, 0.717) is 12.4 Å². The third-order valence-corrected chi connectivity index (χ3v) is 4.36. The van der Waals surface area contributed by atoms with Crippen LogP contribution in [0.4, 0.5) is 5.69 Å². The molecule has 0 fully saturated rings. The SMILES string of the molecule is CCN(Cc1nc(-c2cccc(C)c2)no1)C(=O)c1ccc(Cl)cc1[N+](=O)[O-]. The number of hydrogen-bond acceptors (Lipinski definition) is 6. The predicted octanol–water partition coefficient (Wildman–Crippen LogP) is 4.27. The van der Waals surface area contributed by atoms with Gasteiger partial charge in [0.25, 0.3) is 11.6 Å². The molecule has 3 rings (SSSR count). The van der Waals surface area contributed by atoms with Gasteiger partial charge in [-0.3, -0.25) is 14.9 Å². The minimum absolute atomic E-state index is 0.0356. The summed E-state index contributed by atoms with van der Waals surface area (Å²) in [4.78, 5) is 29.2. The predicted molar refractivity (Wildman–Crippen MR) is 103 cm³/mol. The van der Waals surface area contributed by atoms with E-state index in [1.807, 2.05) is 31.2 Å². The monoisotopic (exact) mass is 400 g/mol. The number of amides is 1.